The molecule has 8 heteroatoms. The monoisotopic (exact) mass is 362 g/mol. The largest absolute Gasteiger partial charge is 0.464 e. The fourth-order valence-electron chi connectivity index (χ4n) is 2.80. The lowest BCUT2D eigenvalue weighted by atomic mass is 9.77. The average Bonchev–Trinajstić information content (AvgIpc) is 3.05. The highest BCUT2D eigenvalue weighted by molar-refractivity contribution is 6.41. The minimum atomic E-state index is -1.99. The van der Waals surface area contributed by atoms with E-state index in [1.807, 2.05) is 0 Å². The van der Waals surface area contributed by atoms with Gasteiger partial charge in [-0.25, -0.2) is 14.4 Å². The second-order valence-corrected chi connectivity index (χ2v) is 5.42. The van der Waals surface area contributed by atoms with Crippen LogP contribution in [0.1, 0.15) is 32.3 Å². The fraction of sp³-hybridized carbons (Fsp3) is 0.444. The minimum Gasteiger partial charge on any atom is -0.464 e. The Labute approximate surface area is 151 Å². The van der Waals surface area contributed by atoms with E-state index in [4.69, 9.17) is 14.2 Å². The number of rotatable bonds is 7. The molecule has 0 aliphatic carbocycles. The summed E-state index contributed by atoms with van der Waals surface area (Å²) in [4.78, 5) is 37.9. The summed E-state index contributed by atoms with van der Waals surface area (Å²) in [5.74, 6) is -3.49. The van der Waals surface area contributed by atoms with Crippen LogP contribution in [0.5, 0.6) is 0 Å². The third-order valence-electron chi connectivity index (χ3n) is 3.87. The number of hydrogen-bond donors (Lipinski definition) is 1. The van der Waals surface area contributed by atoms with Gasteiger partial charge < -0.3 is 14.2 Å². The Balaban J connectivity index is 2.60. The SMILES string of the molecule is CCOC(=O)C1=NNC(C(=O)OCC)(C(=O)OCC)[C@H]1c1ccccc1. The van der Waals surface area contributed by atoms with Crippen molar-refractivity contribution in [2.24, 2.45) is 5.10 Å². The summed E-state index contributed by atoms with van der Waals surface area (Å²) in [5, 5.41) is 3.96. The van der Waals surface area contributed by atoms with Crippen molar-refractivity contribution in [1.82, 2.24) is 5.43 Å². The van der Waals surface area contributed by atoms with Gasteiger partial charge in [-0.3, -0.25) is 5.43 Å². The molecule has 1 atom stereocenters. The molecule has 0 amide bonds. The smallest absolute Gasteiger partial charge is 0.355 e. The zero-order valence-corrected chi connectivity index (χ0v) is 15.0. The van der Waals surface area contributed by atoms with Gasteiger partial charge in [-0.1, -0.05) is 30.3 Å². The molecule has 0 radical (unpaired) electrons. The maximum Gasteiger partial charge on any atom is 0.355 e. The van der Waals surface area contributed by atoms with Gasteiger partial charge in [0.1, 0.15) is 0 Å². The van der Waals surface area contributed by atoms with Crippen LogP contribution in [-0.2, 0) is 28.6 Å². The number of esters is 3. The molecule has 0 saturated carbocycles. The molecule has 1 N–H and O–H groups in total. The molecule has 0 spiro atoms. The first-order valence-electron chi connectivity index (χ1n) is 8.44. The molecule has 0 fully saturated rings. The van der Waals surface area contributed by atoms with Crippen LogP contribution in [0.2, 0.25) is 0 Å². The molecule has 8 nitrogen and oxygen atoms in total. The topological polar surface area (TPSA) is 103 Å². The zero-order chi connectivity index (χ0) is 19.2. The molecule has 0 aromatic heterocycles. The molecule has 140 valence electrons. The first-order chi connectivity index (χ1) is 12.5. The lowest BCUT2D eigenvalue weighted by Crippen LogP contribution is -2.60. The molecule has 1 aliphatic rings. The summed E-state index contributed by atoms with van der Waals surface area (Å²) >= 11 is 0. The van der Waals surface area contributed by atoms with Crippen LogP contribution >= 0.6 is 0 Å². The quantitative estimate of drug-likeness (QED) is 0.441. The van der Waals surface area contributed by atoms with Crippen molar-refractivity contribution in [3.05, 3.63) is 35.9 Å². The summed E-state index contributed by atoms with van der Waals surface area (Å²) in [5.41, 5.74) is 0.973. The van der Waals surface area contributed by atoms with Crippen molar-refractivity contribution >= 4 is 23.6 Å². The zero-order valence-electron chi connectivity index (χ0n) is 15.0. The number of hydrogen-bond acceptors (Lipinski definition) is 8. The molecule has 26 heavy (non-hydrogen) atoms. The number of nitrogens with one attached hydrogen (secondary N) is 1. The van der Waals surface area contributed by atoms with Crippen LogP contribution < -0.4 is 5.43 Å². The molecule has 1 aromatic carbocycles. The molecule has 1 heterocycles. The van der Waals surface area contributed by atoms with E-state index in [1.165, 1.54) is 0 Å². The highest BCUT2D eigenvalue weighted by atomic mass is 16.6. The number of ether oxygens (including phenoxy) is 3. The lowest BCUT2D eigenvalue weighted by Gasteiger charge is -2.30. The maximum absolute atomic E-state index is 12.8. The van der Waals surface area contributed by atoms with Gasteiger partial charge in [0.2, 0.25) is 0 Å². The Bertz CT molecular complexity index is 683. The Morgan fingerprint density at radius 3 is 2.00 bits per heavy atom. The second-order valence-electron chi connectivity index (χ2n) is 5.42. The normalized spacial score (nSPS) is 17.7. The van der Waals surface area contributed by atoms with E-state index in [-0.39, 0.29) is 25.5 Å². The van der Waals surface area contributed by atoms with Crippen molar-refractivity contribution in [2.75, 3.05) is 19.8 Å². The van der Waals surface area contributed by atoms with Crippen molar-refractivity contribution < 1.29 is 28.6 Å². The second kappa shape index (κ2) is 8.46. The molecular weight excluding hydrogens is 340 g/mol. The van der Waals surface area contributed by atoms with Crippen LogP contribution in [0.3, 0.4) is 0 Å². The van der Waals surface area contributed by atoms with Gasteiger partial charge in [0.15, 0.2) is 5.71 Å². The van der Waals surface area contributed by atoms with Gasteiger partial charge in [-0.15, -0.1) is 0 Å². The standard InChI is InChI=1S/C18H22N2O6/c1-4-24-15(21)14-13(12-10-8-7-9-11-12)18(20-19-14,16(22)25-5-2)17(23)26-6-3/h7-11,13,20H,4-6H2,1-3H3/t13-/m0/s1. The predicted octanol–water partition coefficient (Wildman–Crippen LogP) is 1.16. The van der Waals surface area contributed by atoms with Crippen molar-refractivity contribution in [2.45, 2.75) is 32.2 Å². The van der Waals surface area contributed by atoms with E-state index in [1.54, 1.807) is 51.1 Å². The first-order valence-corrected chi connectivity index (χ1v) is 8.44. The number of carbonyl (C=O) groups is 3. The third-order valence-corrected chi connectivity index (χ3v) is 3.87. The van der Waals surface area contributed by atoms with Gasteiger partial charge in [-0.2, -0.15) is 5.10 Å². The molecule has 0 unspecified atom stereocenters. The van der Waals surface area contributed by atoms with E-state index in [2.05, 4.69) is 10.5 Å². The fourth-order valence-corrected chi connectivity index (χ4v) is 2.80. The van der Waals surface area contributed by atoms with Gasteiger partial charge in [-0.05, 0) is 26.3 Å². The van der Waals surface area contributed by atoms with Crippen LogP contribution in [0.15, 0.2) is 35.4 Å². The number of carbonyl (C=O) groups excluding carboxylic acids is 3. The Hall–Kier alpha value is -2.90. The molecule has 1 aromatic rings. The summed E-state index contributed by atoms with van der Waals surface area (Å²) in [6.07, 6.45) is 0. The minimum absolute atomic E-state index is 0.0535. The van der Waals surface area contributed by atoms with E-state index in [0.717, 1.165) is 0 Å². The van der Waals surface area contributed by atoms with Crippen LogP contribution in [-0.4, -0.2) is 49.0 Å². The number of benzene rings is 1. The highest BCUT2D eigenvalue weighted by Gasteiger charge is 2.62. The first kappa shape index (κ1) is 19.4. The molecule has 2 rings (SSSR count). The summed E-state index contributed by atoms with van der Waals surface area (Å²) in [6.45, 7) is 5.13. The Morgan fingerprint density at radius 1 is 0.962 bits per heavy atom. The van der Waals surface area contributed by atoms with E-state index in [0.29, 0.717) is 5.56 Å². The van der Waals surface area contributed by atoms with Gasteiger partial charge in [0, 0.05) is 0 Å². The Morgan fingerprint density at radius 2 is 1.50 bits per heavy atom. The van der Waals surface area contributed by atoms with Crippen molar-refractivity contribution in [3.63, 3.8) is 0 Å². The number of hydrazone groups is 1. The summed E-state index contributed by atoms with van der Waals surface area (Å²) < 4.78 is 15.3. The van der Waals surface area contributed by atoms with Crippen LogP contribution in [0, 0.1) is 0 Å². The average molecular weight is 362 g/mol. The lowest BCUT2D eigenvalue weighted by molar-refractivity contribution is -0.166. The van der Waals surface area contributed by atoms with Crippen molar-refractivity contribution in [1.29, 1.82) is 0 Å². The van der Waals surface area contributed by atoms with Gasteiger partial charge in [0.25, 0.3) is 5.54 Å². The van der Waals surface area contributed by atoms with E-state index < -0.39 is 29.4 Å². The van der Waals surface area contributed by atoms with E-state index in [9.17, 15) is 14.4 Å². The van der Waals surface area contributed by atoms with Crippen LogP contribution in [0.4, 0.5) is 0 Å². The predicted molar refractivity (Wildman–Crippen MR) is 92.4 cm³/mol. The Kier molecular flexibility index (Phi) is 6.32. The van der Waals surface area contributed by atoms with Gasteiger partial charge >= 0.3 is 17.9 Å². The number of nitrogens with zero attached hydrogens (tertiary/aromatic N) is 1. The maximum atomic E-state index is 12.8. The van der Waals surface area contributed by atoms with E-state index >= 15 is 0 Å². The van der Waals surface area contributed by atoms with Crippen molar-refractivity contribution in [3.8, 4) is 0 Å². The summed E-state index contributed by atoms with van der Waals surface area (Å²) in [6, 6.07) is 8.64. The van der Waals surface area contributed by atoms with Crippen LogP contribution in [0.25, 0.3) is 0 Å². The summed E-state index contributed by atoms with van der Waals surface area (Å²) in [7, 11) is 0. The third kappa shape index (κ3) is 3.40. The van der Waals surface area contributed by atoms with Gasteiger partial charge in [0.05, 0.1) is 25.7 Å². The molecule has 1 aliphatic heterocycles. The molecule has 0 saturated heterocycles. The molecule has 0 bridgehead atoms. The highest BCUT2D eigenvalue weighted by Crippen LogP contribution is 2.37. The molecular formula is C18H22N2O6.